The van der Waals surface area contributed by atoms with Gasteiger partial charge in [-0.05, 0) is 17.7 Å². The van der Waals surface area contributed by atoms with Crippen molar-refractivity contribution in [1.29, 1.82) is 0 Å². The molecule has 0 aliphatic carbocycles. The first-order chi connectivity index (χ1) is 11.3. The molecule has 0 bridgehead atoms. The Balaban J connectivity index is 1.73. The molecule has 3 rings (SSSR count). The molecule has 7 nitrogen and oxygen atoms in total. The van der Waals surface area contributed by atoms with E-state index in [9.17, 15) is 4.79 Å². The summed E-state index contributed by atoms with van der Waals surface area (Å²) in [6, 6.07) is 7.19. The second kappa shape index (κ2) is 6.89. The van der Waals surface area contributed by atoms with Crippen molar-refractivity contribution in [2.75, 3.05) is 6.54 Å². The van der Waals surface area contributed by atoms with Crippen molar-refractivity contribution in [2.45, 2.75) is 12.5 Å². The van der Waals surface area contributed by atoms with Gasteiger partial charge in [0.2, 0.25) is 5.91 Å². The summed E-state index contributed by atoms with van der Waals surface area (Å²) in [5.74, 6) is -0.436. The van der Waals surface area contributed by atoms with Crippen LogP contribution in [0.4, 0.5) is 0 Å². The minimum atomic E-state index is -0.436. The molecular formula is C16H18N6O. The van der Waals surface area contributed by atoms with E-state index in [1.165, 1.54) is 0 Å². The van der Waals surface area contributed by atoms with Gasteiger partial charge in [0, 0.05) is 36.6 Å². The number of hydrogen-bond acceptors (Lipinski definition) is 5. The highest BCUT2D eigenvalue weighted by atomic mass is 16.1. The average molecular weight is 310 g/mol. The third-order valence-corrected chi connectivity index (χ3v) is 3.63. The van der Waals surface area contributed by atoms with Crippen LogP contribution in [0.5, 0.6) is 0 Å². The van der Waals surface area contributed by atoms with E-state index in [0.29, 0.717) is 12.1 Å². The summed E-state index contributed by atoms with van der Waals surface area (Å²) in [5, 5.41) is 1.87. The third-order valence-electron chi connectivity index (χ3n) is 3.63. The van der Waals surface area contributed by atoms with Crippen LogP contribution in [-0.4, -0.2) is 33.8 Å². The molecule has 0 saturated carbocycles. The number of benzene rings is 1. The monoisotopic (exact) mass is 310 g/mol. The van der Waals surface area contributed by atoms with Crippen LogP contribution in [0.25, 0.3) is 0 Å². The average Bonchev–Trinajstić information content (AvgIpc) is 3.09. The first-order valence-electron chi connectivity index (χ1n) is 7.33. The molecule has 0 saturated heterocycles. The van der Waals surface area contributed by atoms with Crippen LogP contribution in [-0.2, 0) is 6.42 Å². The van der Waals surface area contributed by atoms with Gasteiger partial charge in [-0.2, -0.15) is 0 Å². The number of aromatic nitrogens is 2. The molecule has 23 heavy (non-hydrogen) atoms. The standard InChI is InChI=1S/C16H18N6O/c17-16(23)14-4-2-1-3-13(14)15-6-7-18-11-22(15)21-8-5-12-9-19-10-20-12/h1-4,6-7,9-11,15,21H,5,8H2,(H2,17,23)(H,19,20). The number of nitrogens with one attached hydrogen (secondary N) is 2. The van der Waals surface area contributed by atoms with Crippen LogP contribution in [0.3, 0.4) is 0 Å². The highest BCUT2D eigenvalue weighted by Gasteiger charge is 2.21. The maximum atomic E-state index is 11.7. The van der Waals surface area contributed by atoms with Crippen LogP contribution in [0.15, 0.2) is 54.1 Å². The molecule has 2 heterocycles. The number of aromatic amines is 1. The summed E-state index contributed by atoms with van der Waals surface area (Å²) in [6.07, 6.45) is 9.60. The van der Waals surface area contributed by atoms with Gasteiger partial charge >= 0.3 is 0 Å². The van der Waals surface area contributed by atoms with Gasteiger partial charge < -0.3 is 10.7 Å². The fourth-order valence-electron chi connectivity index (χ4n) is 2.52. The molecule has 1 aromatic heterocycles. The number of nitrogens with zero attached hydrogens (tertiary/aromatic N) is 3. The van der Waals surface area contributed by atoms with Crippen molar-refractivity contribution in [2.24, 2.45) is 10.7 Å². The van der Waals surface area contributed by atoms with E-state index < -0.39 is 5.91 Å². The molecule has 7 heteroatoms. The van der Waals surface area contributed by atoms with E-state index >= 15 is 0 Å². The quantitative estimate of drug-likeness (QED) is 0.745. The molecule has 2 aromatic rings. The van der Waals surface area contributed by atoms with Gasteiger partial charge in [0.15, 0.2) is 0 Å². The predicted octanol–water partition coefficient (Wildman–Crippen LogP) is 1.15. The Hall–Kier alpha value is -2.93. The summed E-state index contributed by atoms with van der Waals surface area (Å²) < 4.78 is 0. The Labute approximate surface area is 133 Å². The highest BCUT2D eigenvalue weighted by molar-refractivity contribution is 5.94. The number of rotatable bonds is 6. The Bertz CT molecular complexity index is 722. The maximum absolute atomic E-state index is 11.7. The molecule has 0 fully saturated rings. The second-order valence-electron chi connectivity index (χ2n) is 5.14. The zero-order chi connectivity index (χ0) is 16.1. The number of aliphatic imine (C=N–C) groups is 1. The van der Waals surface area contributed by atoms with E-state index in [2.05, 4.69) is 20.4 Å². The number of H-pyrrole nitrogens is 1. The van der Waals surface area contributed by atoms with Crippen LogP contribution in [0.1, 0.15) is 27.7 Å². The van der Waals surface area contributed by atoms with E-state index in [1.54, 1.807) is 37.2 Å². The van der Waals surface area contributed by atoms with Crippen molar-refractivity contribution in [1.82, 2.24) is 20.4 Å². The van der Waals surface area contributed by atoms with Crippen molar-refractivity contribution >= 4 is 12.2 Å². The van der Waals surface area contributed by atoms with Gasteiger partial charge in [0.25, 0.3) is 0 Å². The van der Waals surface area contributed by atoms with Gasteiger partial charge in [-0.15, -0.1) is 0 Å². The number of hydrazine groups is 1. The van der Waals surface area contributed by atoms with Gasteiger partial charge in [-0.1, -0.05) is 18.2 Å². The third kappa shape index (κ3) is 3.46. The predicted molar refractivity (Wildman–Crippen MR) is 87.5 cm³/mol. The second-order valence-corrected chi connectivity index (χ2v) is 5.14. The summed E-state index contributed by atoms with van der Waals surface area (Å²) in [4.78, 5) is 22.9. The molecule has 0 spiro atoms. The van der Waals surface area contributed by atoms with Gasteiger partial charge in [0.1, 0.15) is 6.34 Å². The summed E-state index contributed by atoms with van der Waals surface area (Å²) in [5.41, 5.74) is 11.2. The molecule has 1 unspecified atom stereocenters. The largest absolute Gasteiger partial charge is 0.366 e. The first-order valence-corrected chi connectivity index (χ1v) is 7.33. The highest BCUT2D eigenvalue weighted by Crippen LogP contribution is 2.25. The van der Waals surface area contributed by atoms with Gasteiger partial charge in [-0.25, -0.2) is 15.4 Å². The zero-order valence-electron chi connectivity index (χ0n) is 12.5. The topological polar surface area (TPSA) is 99.4 Å². The van der Waals surface area contributed by atoms with Crippen molar-refractivity contribution < 1.29 is 4.79 Å². The maximum Gasteiger partial charge on any atom is 0.249 e. The van der Waals surface area contributed by atoms with Crippen LogP contribution in [0.2, 0.25) is 0 Å². The number of carbonyl (C=O) groups excluding carboxylic acids is 1. The number of amides is 1. The number of imidazole rings is 1. The van der Waals surface area contributed by atoms with Crippen molar-refractivity contribution in [3.8, 4) is 0 Å². The van der Waals surface area contributed by atoms with Gasteiger partial charge in [0.05, 0.1) is 12.4 Å². The van der Waals surface area contributed by atoms with E-state index in [1.807, 2.05) is 23.2 Å². The van der Waals surface area contributed by atoms with Crippen LogP contribution >= 0.6 is 0 Å². The Morgan fingerprint density at radius 2 is 2.26 bits per heavy atom. The summed E-state index contributed by atoms with van der Waals surface area (Å²) in [7, 11) is 0. The summed E-state index contributed by atoms with van der Waals surface area (Å²) in [6.45, 7) is 0.706. The SMILES string of the molecule is NC(=O)c1ccccc1C1C=CN=CN1NCCc1cnc[nH]1. The van der Waals surface area contributed by atoms with Crippen molar-refractivity contribution in [3.63, 3.8) is 0 Å². The van der Waals surface area contributed by atoms with E-state index in [0.717, 1.165) is 17.7 Å². The lowest BCUT2D eigenvalue weighted by Crippen LogP contribution is -2.42. The van der Waals surface area contributed by atoms with E-state index in [4.69, 9.17) is 5.73 Å². The number of hydrogen-bond donors (Lipinski definition) is 3. The molecule has 4 N–H and O–H groups in total. The van der Waals surface area contributed by atoms with Crippen molar-refractivity contribution in [3.05, 3.63) is 65.9 Å². The number of primary amides is 1. The molecule has 1 aliphatic heterocycles. The smallest absolute Gasteiger partial charge is 0.249 e. The normalized spacial score (nSPS) is 16.7. The summed E-state index contributed by atoms with van der Waals surface area (Å²) >= 11 is 0. The molecule has 0 radical (unpaired) electrons. The van der Waals surface area contributed by atoms with Gasteiger partial charge in [-0.3, -0.25) is 9.80 Å². The molecule has 1 atom stereocenters. The molecule has 1 aromatic carbocycles. The van der Waals surface area contributed by atoms with Crippen LogP contribution in [0, 0.1) is 0 Å². The molecular weight excluding hydrogens is 292 g/mol. The van der Waals surface area contributed by atoms with Crippen LogP contribution < -0.4 is 11.2 Å². The molecule has 118 valence electrons. The minimum Gasteiger partial charge on any atom is -0.366 e. The van der Waals surface area contributed by atoms with E-state index in [-0.39, 0.29) is 6.04 Å². The number of nitrogens with two attached hydrogens (primary N) is 1. The first kappa shape index (κ1) is 15.0. The Kier molecular flexibility index (Phi) is 4.49. The Morgan fingerprint density at radius 3 is 3.04 bits per heavy atom. The fraction of sp³-hybridized carbons (Fsp3) is 0.188. The zero-order valence-corrected chi connectivity index (χ0v) is 12.5. The molecule has 1 amide bonds. The lowest BCUT2D eigenvalue weighted by Gasteiger charge is -2.31. The lowest BCUT2D eigenvalue weighted by molar-refractivity contribution is 0.0998. The Morgan fingerprint density at radius 1 is 1.39 bits per heavy atom. The lowest BCUT2D eigenvalue weighted by atomic mass is 9.99. The minimum absolute atomic E-state index is 0.141. The molecule has 1 aliphatic rings. The fourth-order valence-corrected chi connectivity index (χ4v) is 2.52. The number of carbonyl (C=O) groups is 1.